The van der Waals surface area contributed by atoms with Crippen LogP contribution in [-0.4, -0.2) is 22.8 Å². The first-order valence-electron chi connectivity index (χ1n) is 4.49. The number of rotatable bonds is 4. The lowest BCUT2D eigenvalue weighted by Crippen LogP contribution is -2.27. The molecule has 0 aliphatic heterocycles. The minimum atomic E-state index is -0.507. The van der Waals surface area contributed by atoms with Crippen LogP contribution in [0.5, 0.6) is 0 Å². The van der Waals surface area contributed by atoms with Crippen LogP contribution in [0.2, 0.25) is 0 Å². The second-order valence-corrected chi connectivity index (χ2v) is 3.36. The molecular weight excluding hydrogens is 180 g/mol. The molecule has 0 heterocycles. The molecule has 0 aromatic carbocycles. The summed E-state index contributed by atoms with van der Waals surface area (Å²) in [6.45, 7) is 5.00. The van der Waals surface area contributed by atoms with Gasteiger partial charge in [-0.2, -0.15) is 0 Å². The zero-order chi connectivity index (χ0) is 10.7. The molecule has 0 aromatic rings. The van der Waals surface area contributed by atoms with Gasteiger partial charge in [-0.05, 0) is 25.8 Å². The largest absolute Gasteiger partial charge is 0.366 e. The van der Waals surface area contributed by atoms with Crippen molar-refractivity contribution in [1.82, 2.24) is 4.90 Å². The molecule has 0 radical (unpaired) electrons. The molecule has 2 amide bonds. The fraction of sp³-hybridized carbons (Fsp3) is 0.400. The summed E-state index contributed by atoms with van der Waals surface area (Å²) >= 11 is 0. The van der Waals surface area contributed by atoms with E-state index in [0.29, 0.717) is 5.57 Å². The molecule has 4 nitrogen and oxygen atoms in total. The highest BCUT2D eigenvalue weighted by atomic mass is 16.2. The molecule has 1 rings (SSSR count). The van der Waals surface area contributed by atoms with Gasteiger partial charge in [0.15, 0.2) is 0 Å². The lowest BCUT2D eigenvalue weighted by molar-refractivity contribution is -0.124. The zero-order valence-corrected chi connectivity index (χ0v) is 8.19. The maximum atomic E-state index is 11.4. The Morgan fingerprint density at radius 1 is 1.50 bits per heavy atom. The summed E-state index contributed by atoms with van der Waals surface area (Å²) in [5, 5.41) is 0. The van der Waals surface area contributed by atoms with E-state index in [9.17, 15) is 9.59 Å². The molecule has 14 heavy (non-hydrogen) atoms. The number of carbonyl (C=O) groups excluding carboxylic acids is 2. The Morgan fingerprint density at radius 2 is 2.07 bits per heavy atom. The smallest absolute Gasteiger partial charge is 0.250 e. The van der Waals surface area contributed by atoms with Crippen molar-refractivity contribution in [2.45, 2.75) is 25.8 Å². The van der Waals surface area contributed by atoms with Gasteiger partial charge in [0.2, 0.25) is 11.8 Å². The van der Waals surface area contributed by atoms with Crippen LogP contribution in [-0.2, 0) is 9.59 Å². The van der Waals surface area contributed by atoms with Gasteiger partial charge in [-0.15, -0.1) is 0 Å². The van der Waals surface area contributed by atoms with E-state index in [1.54, 1.807) is 6.92 Å². The fourth-order valence-corrected chi connectivity index (χ4v) is 1.08. The summed E-state index contributed by atoms with van der Waals surface area (Å²) in [7, 11) is 0. The van der Waals surface area contributed by atoms with Gasteiger partial charge in [0.25, 0.3) is 0 Å². The number of primary amides is 1. The van der Waals surface area contributed by atoms with E-state index in [4.69, 9.17) is 5.73 Å². The number of nitrogens with two attached hydrogens (primary N) is 1. The molecule has 76 valence electrons. The SMILES string of the molecule is C=CC(=O)N(C=C(C)C(N)=O)C1CC1. The lowest BCUT2D eigenvalue weighted by Gasteiger charge is -2.16. The van der Waals surface area contributed by atoms with Crippen molar-refractivity contribution in [3.05, 3.63) is 24.4 Å². The Bertz CT molecular complexity index is 303. The molecule has 4 heteroatoms. The first-order valence-corrected chi connectivity index (χ1v) is 4.49. The Hall–Kier alpha value is -1.58. The quantitative estimate of drug-likeness (QED) is 0.664. The van der Waals surface area contributed by atoms with Gasteiger partial charge in [-0.1, -0.05) is 6.58 Å². The first kappa shape index (κ1) is 10.5. The molecule has 1 fully saturated rings. The number of amides is 2. The van der Waals surface area contributed by atoms with Crippen molar-refractivity contribution in [3.8, 4) is 0 Å². The molecule has 1 saturated carbocycles. The maximum absolute atomic E-state index is 11.4. The highest BCUT2D eigenvalue weighted by Gasteiger charge is 2.30. The van der Waals surface area contributed by atoms with Crippen LogP contribution < -0.4 is 5.73 Å². The summed E-state index contributed by atoms with van der Waals surface area (Å²) in [5.41, 5.74) is 5.46. The second kappa shape index (κ2) is 4.09. The van der Waals surface area contributed by atoms with Gasteiger partial charge in [-0.3, -0.25) is 9.59 Å². The predicted octanol–water partition coefficient (Wildman–Crippen LogP) is 0.552. The van der Waals surface area contributed by atoms with Gasteiger partial charge < -0.3 is 10.6 Å². The van der Waals surface area contributed by atoms with E-state index in [1.165, 1.54) is 17.2 Å². The fourth-order valence-electron chi connectivity index (χ4n) is 1.08. The third-order valence-electron chi connectivity index (χ3n) is 2.09. The number of hydrogen-bond donors (Lipinski definition) is 1. The molecule has 0 unspecified atom stereocenters. The molecule has 0 saturated heterocycles. The Balaban J connectivity index is 2.78. The van der Waals surface area contributed by atoms with Crippen LogP contribution >= 0.6 is 0 Å². The van der Waals surface area contributed by atoms with E-state index < -0.39 is 5.91 Å². The highest BCUT2D eigenvalue weighted by Crippen LogP contribution is 2.27. The summed E-state index contributed by atoms with van der Waals surface area (Å²) < 4.78 is 0. The topological polar surface area (TPSA) is 63.4 Å². The van der Waals surface area contributed by atoms with Crippen molar-refractivity contribution >= 4 is 11.8 Å². The van der Waals surface area contributed by atoms with Gasteiger partial charge in [0, 0.05) is 17.8 Å². The molecule has 0 spiro atoms. The summed E-state index contributed by atoms with van der Waals surface area (Å²) in [4.78, 5) is 23.7. The average molecular weight is 194 g/mol. The third-order valence-corrected chi connectivity index (χ3v) is 2.09. The van der Waals surface area contributed by atoms with E-state index in [-0.39, 0.29) is 11.9 Å². The Labute approximate surface area is 83.1 Å². The predicted molar refractivity (Wildman–Crippen MR) is 53.0 cm³/mol. The number of carbonyl (C=O) groups is 2. The molecule has 0 atom stereocenters. The maximum Gasteiger partial charge on any atom is 0.250 e. The Kier molecular flexibility index (Phi) is 3.06. The van der Waals surface area contributed by atoms with Crippen molar-refractivity contribution in [2.24, 2.45) is 5.73 Å². The Morgan fingerprint density at radius 3 is 2.43 bits per heavy atom. The zero-order valence-electron chi connectivity index (χ0n) is 8.19. The molecule has 1 aliphatic rings. The van der Waals surface area contributed by atoms with Crippen LogP contribution in [0.3, 0.4) is 0 Å². The minimum absolute atomic E-state index is 0.187. The summed E-state index contributed by atoms with van der Waals surface area (Å²) in [5.74, 6) is -0.694. The van der Waals surface area contributed by atoms with Crippen molar-refractivity contribution in [1.29, 1.82) is 0 Å². The number of hydrogen-bond acceptors (Lipinski definition) is 2. The second-order valence-electron chi connectivity index (χ2n) is 3.36. The van der Waals surface area contributed by atoms with Crippen molar-refractivity contribution in [2.75, 3.05) is 0 Å². The average Bonchev–Trinajstić information content (AvgIpc) is 2.95. The van der Waals surface area contributed by atoms with Crippen LogP contribution in [0.1, 0.15) is 19.8 Å². The van der Waals surface area contributed by atoms with E-state index in [1.807, 2.05) is 0 Å². The first-order chi connectivity index (χ1) is 6.56. The molecule has 2 N–H and O–H groups in total. The van der Waals surface area contributed by atoms with Crippen molar-refractivity contribution < 1.29 is 9.59 Å². The normalized spacial score (nSPS) is 16.2. The van der Waals surface area contributed by atoms with E-state index in [2.05, 4.69) is 6.58 Å². The van der Waals surface area contributed by atoms with Gasteiger partial charge in [0.1, 0.15) is 0 Å². The minimum Gasteiger partial charge on any atom is -0.366 e. The molecule has 1 aliphatic carbocycles. The lowest BCUT2D eigenvalue weighted by atomic mass is 10.3. The van der Waals surface area contributed by atoms with Crippen LogP contribution in [0, 0.1) is 0 Å². The van der Waals surface area contributed by atoms with Crippen LogP contribution in [0.25, 0.3) is 0 Å². The molecule has 0 aromatic heterocycles. The summed E-state index contributed by atoms with van der Waals surface area (Å²) in [6.07, 6.45) is 4.69. The third kappa shape index (κ3) is 2.45. The number of nitrogens with zero attached hydrogens (tertiary/aromatic N) is 1. The van der Waals surface area contributed by atoms with Gasteiger partial charge >= 0.3 is 0 Å². The molecule has 0 bridgehead atoms. The summed E-state index contributed by atoms with van der Waals surface area (Å²) in [6, 6.07) is 0.217. The van der Waals surface area contributed by atoms with Crippen LogP contribution in [0.15, 0.2) is 24.4 Å². The molecular formula is C10H14N2O2. The monoisotopic (exact) mass is 194 g/mol. The highest BCUT2D eigenvalue weighted by molar-refractivity contribution is 5.93. The van der Waals surface area contributed by atoms with Crippen molar-refractivity contribution in [3.63, 3.8) is 0 Å². The van der Waals surface area contributed by atoms with Gasteiger partial charge in [-0.25, -0.2) is 0 Å². The van der Waals surface area contributed by atoms with Crippen LogP contribution in [0.4, 0.5) is 0 Å². The standard InChI is InChI=1S/C10H14N2O2/c1-3-9(13)12(8-4-5-8)6-7(2)10(11)14/h3,6,8H,1,4-5H2,2H3,(H2,11,14). The van der Waals surface area contributed by atoms with Gasteiger partial charge in [0.05, 0.1) is 0 Å². The van der Waals surface area contributed by atoms with E-state index in [0.717, 1.165) is 12.8 Å². The van der Waals surface area contributed by atoms with E-state index >= 15 is 0 Å².